The summed E-state index contributed by atoms with van der Waals surface area (Å²) in [5.74, 6) is -0.117. The number of rotatable bonds is 8. The smallest absolute Gasteiger partial charge is 0.311 e. The molecule has 1 amide bonds. The van der Waals surface area contributed by atoms with E-state index in [-0.39, 0.29) is 12.5 Å². The van der Waals surface area contributed by atoms with E-state index in [2.05, 4.69) is 5.32 Å². The van der Waals surface area contributed by atoms with Gasteiger partial charge in [0.05, 0.1) is 12.0 Å². The summed E-state index contributed by atoms with van der Waals surface area (Å²) in [6.07, 6.45) is 2.26. The molecule has 0 radical (unpaired) electrons. The second-order valence-electron chi connectivity index (χ2n) is 6.06. The minimum absolute atomic E-state index is 0.115. The van der Waals surface area contributed by atoms with Gasteiger partial charge in [-0.2, -0.15) is 0 Å². The Morgan fingerprint density at radius 1 is 1.27 bits per heavy atom. The van der Waals surface area contributed by atoms with Crippen LogP contribution in [0.2, 0.25) is 0 Å². The highest BCUT2D eigenvalue weighted by atomic mass is 16.5. The number of carboxylic acids is 1. The lowest BCUT2D eigenvalue weighted by molar-refractivity contribution is -0.143. The van der Waals surface area contributed by atoms with Gasteiger partial charge in [-0.3, -0.25) is 9.59 Å². The van der Waals surface area contributed by atoms with Crippen molar-refractivity contribution in [2.24, 2.45) is 5.41 Å². The Morgan fingerprint density at radius 3 is 2.59 bits per heavy atom. The standard InChI is InChI=1S/C17H23NO4/c1-12-5-6-14(10-13(12)2)22-9-3-4-15(19)18-11-17(7-8-17)16(20)21/h5-6,10H,3-4,7-9,11H2,1-2H3,(H,18,19)(H,20,21). The van der Waals surface area contributed by atoms with Crippen LogP contribution in [0.5, 0.6) is 5.75 Å². The van der Waals surface area contributed by atoms with Crippen LogP contribution in [-0.4, -0.2) is 30.1 Å². The maximum absolute atomic E-state index is 11.7. The first kappa shape index (κ1) is 16.3. The molecule has 1 aromatic rings. The van der Waals surface area contributed by atoms with Crippen LogP contribution in [0.3, 0.4) is 0 Å². The van der Waals surface area contributed by atoms with Crippen LogP contribution in [0, 0.1) is 19.3 Å². The molecule has 0 saturated heterocycles. The third-order valence-electron chi connectivity index (χ3n) is 4.23. The highest BCUT2D eigenvalue weighted by molar-refractivity contribution is 5.80. The number of ether oxygens (including phenoxy) is 1. The molecule has 0 aliphatic heterocycles. The van der Waals surface area contributed by atoms with Crippen LogP contribution >= 0.6 is 0 Å². The molecule has 1 saturated carbocycles. The average molecular weight is 305 g/mol. The molecule has 0 aromatic heterocycles. The van der Waals surface area contributed by atoms with Crippen molar-refractivity contribution < 1.29 is 19.4 Å². The van der Waals surface area contributed by atoms with Crippen LogP contribution in [-0.2, 0) is 9.59 Å². The predicted octanol–water partition coefficient (Wildman–Crippen LogP) is 2.44. The second-order valence-corrected chi connectivity index (χ2v) is 6.06. The molecule has 5 nitrogen and oxygen atoms in total. The summed E-state index contributed by atoms with van der Waals surface area (Å²) in [4.78, 5) is 22.7. The average Bonchev–Trinajstić information content (AvgIpc) is 3.26. The molecular weight excluding hydrogens is 282 g/mol. The summed E-state index contributed by atoms with van der Waals surface area (Å²) in [6, 6.07) is 5.92. The van der Waals surface area contributed by atoms with Crippen molar-refractivity contribution in [2.45, 2.75) is 39.5 Å². The molecule has 0 atom stereocenters. The number of hydrogen-bond acceptors (Lipinski definition) is 3. The van der Waals surface area contributed by atoms with E-state index in [4.69, 9.17) is 9.84 Å². The number of benzene rings is 1. The molecule has 1 fully saturated rings. The van der Waals surface area contributed by atoms with Crippen LogP contribution < -0.4 is 10.1 Å². The monoisotopic (exact) mass is 305 g/mol. The van der Waals surface area contributed by atoms with Crippen molar-refractivity contribution in [3.63, 3.8) is 0 Å². The normalized spacial score (nSPS) is 15.2. The Balaban J connectivity index is 1.63. The molecule has 0 unspecified atom stereocenters. The van der Waals surface area contributed by atoms with Crippen LogP contribution in [0.1, 0.15) is 36.8 Å². The first-order chi connectivity index (χ1) is 10.4. The summed E-state index contributed by atoms with van der Waals surface area (Å²) in [5.41, 5.74) is 1.70. The number of carboxylic acid groups (broad SMARTS) is 1. The third-order valence-corrected chi connectivity index (χ3v) is 4.23. The van der Waals surface area contributed by atoms with Crippen molar-refractivity contribution in [3.05, 3.63) is 29.3 Å². The minimum Gasteiger partial charge on any atom is -0.494 e. The topological polar surface area (TPSA) is 75.6 Å². The number of hydrogen-bond donors (Lipinski definition) is 2. The van der Waals surface area contributed by atoms with Gasteiger partial charge >= 0.3 is 5.97 Å². The van der Waals surface area contributed by atoms with Gasteiger partial charge in [-0.25, -0.2) is 0 Å². The minimum atomic E-state index is -0.814. The van der Waals surface area contributed by atoms with Gasteiger partial charge in [-0.05, 0) is 56.4 Å². The highest BCUT2D eigenvalue weighted by Gasteiger charge is 2.50. The van der Waals surface area contributed by atoms with E-state index in [9.17, 15) is 9.59 Å². The number of aliphatic carboxylic acids is 1. The Bertz CT molecular complexity index is 564. The van der Waals surface area contributed by atoms with Crippen LogP contribution in [0.15, 0.2) is 18.2 Å². The maximum Gasteiger partial charge on any atom is 0.311 e. The summed E-state index contributed by atoms with van der Waals surface area (Å²) in [6.45, 7) is 4.79. The Kier molecular flexibility index (Phi) is 5.06. The lowest BCUT2D eigenvalue weighted by Gasteiger charge is -2.11. The largest absolute Gasteiger partial charge is 0.494 e. The predicted molar refractivity (Wildman–Crippen MR) is 83.0 cm³/mol. The Labute approximate surface area is 130 Å². The molecule has 5 heteroatoms. The fraction of sp³-hybridized carbons (Fsp3) is 0.529. The zero-order valence-corrected chi connectivity index (χ0v) is 13.1. The van der Waals surface area contributed by atoms with Gasteiger partial charge in [-0.15, -0.1) is 0 Å². The molecule has 1 aliphatic rings. The van der Waals surface area contributed by atoms with E-state index in [0.29, 0.717) is 32.3 Å². The highest BCUT2D eigenvalue weighted by Crippen LogP contribution is 2.45. The summed E-state index contributed by atoms with van der Waals surface area (Å²) in [7, 11) is 0. The molecule has 0 heterocycles. The van der Waals surface area contributed by atoms with Gasteiger partial charge < -0.3 is 15.2 Å². The Morgan fingerprint density at radius 2 is 2.00 bits per heavy atom. The summed E-state index contributed by atoms with van der Waals surface area (Å²) < 4.78 is 5.61. The molecule has 1 aromatic carbocycles. The summed E-state index contributed by atoms with van der Waals surface area (Å²) in [5, 5.41) is 11.7. The van der Waals surface area contributed by atoms with Gasteiger partial charge in [0.2, 0.25) is 5.91 Å². The molecule has 0 spiro atoms. The number of nitrogens with one attached hydrogen (secondary N) is 1. The van der Waals surface area contributed by atoms with E-state index < -0.39 is 11.4 Å². The lowest BCUT2D eigenvalue weighted by atomic mass is 10.1. The fourth-order valence-electron chi connectivity index (χ4n) is 2.20. The maximum atomic E-state index is 11.7. The van der Waals surface area contributed by atoms with Gasteiger partial charge in [0.15, 0.2) is 0 Å². The van der Waals surface area contributed by atoms with E-state index >= 15 is 0 Å². The third kappa shape index (κ3) is 4.23. The van der Waals surface area contributed by atoms with Gasteiger partial charge in [0, 0.05) is 13.0 Å². The van der Waals surface area contributed by atoms with Gasteiger partial charge in [0.1, 0.15) is 5.75 Å². The van der Waals surface area contributed by atoms with E-state index in [1.54, 1.807) is 0 Å². The second kappa shape index (κ2) is 6.81. The summed E-state index contributed by atoms with van der Waals surface area (Å²) >= 11 is 0. The molecule has 2 N–H and O–H groups in total. The zero-order chi connectivity index (χ0) is 16.2. The molecule has 1 aliphatic carbocycles. The van der Waals surface area contributed by atoms with Crippen molar-refractivity contribution >= 4 is 11.9 Å². The van der Waals surface area contributed by atoms with Gasteiger partial charge in [-0.1, -0.05) is 6.07 Å². The number of amides is 1. The zero-order valence-electron chi connectivity index (χ0n) is 13.1. The molecule has 2 rings (SSSR count). The van der Waals surface area contributed by atoms with Crippen LogP contribution in [0.25, 0.3) is 0 Å². The van der Waals surface area contributed by atoms with Crippen LogP contribution in [0.4, 0.5) is 0 Å². The lowest BCUT2D eigenvalue weighted by Crippen LogP contribution is -2.34. The molecule has 120 valence electrons. The quantitative estimate of drug-likeness (QED) is 0.723. The van der Waals surface area contributed by atoms with E-state index in [1.165, 1.54) is 11.1 Å². The Hall–Kier alpha value is -2.04. The van der Waals surface area contributed by atoms with Crippen molar-refractivity contribution in [2.75, 3.05) is 13.2 Å². The number of aryl methyl sites for hydroxylation is 2. The van der Waals surface area contributed by atoms with Crippen molar-refractivity contribution in [3.8, 4) is 5.75 Å². The molecule has 0 bridgehead atoms. The SMILES string of the molecule is Cc1ccc(OCCCC(=O)NCC2(C(=O)O)CC2)cc1C. The number of carbonyl (C=O) groups is 2. The van der Waals surface area contributed by atoms with E-state index in [0.717, 1.165) is 5.75 Å². The van der Waals surface area contributed by atoms with Crippen molar-refractivity contribution in [1.29, 1.82) is 0 Å². The molecule has 22 heavy (non-hydrogen) atoms. The molecular formula is C17H23NO4. The first-order valence-electron chi connectivity index (χ1n) is 7.63. The number of carbonyl (C=O) groups excluding carboxylic acids is 1. The van der Waals surface area contributed by atoms with Crippen molar-refractivity contribution in [1.82, 2.24) is 5.32 Å². The first-order valence-corrected chi connectivity index (χ1v) is 7.63. The van der Waals surface area contributed by atoms with E-state index in [1.807, 2.05) is 32.0 Å². The van der Waals surface area contributed by atoms with Gasteiger partial charge in [0.25, 0.3) is 0 Å². The fourth-order valence-corrected chi connectivity index (χ4v) is 2.20.